The Kier molecular flexibility index (Phi) is 5.70. The van der Waals surface area contributed by atoms with E-state index in [9.17, 15) is 9.59 Å². The van der Waals surface area contributed by atoms with Gasteiger partial charge in [0.05, 0.1) is 24.9 Å². The van der Waals surface area contributed by atoms with Crippen LogP contribution in [0.5, 0.6) is 0 Å². The molecule has 6 nitrogen and oxygen atoms in total. The van der Waals surface area contributed by atoms with Gasteiger partial charge in [-0.3, -0.25) is 14.6 Å². The fraction of sp³-hybridized carbons (Fsp3) is 0.158. The third-order valence-electron chi connectivity index (χ3n) is 3.61. The Morgan fingerprint density at radius 2 is 2.00 bits per heavy atom. The minimum Gasteiger partial charge on any atom is -0.469 e. The summed E-state index contributed by atoms with van der Waals surface area (Å²) in [6.07, 6.45) is 1.87. The van der Waals surface area contributed by atoms with Crippen molar-refractivity contribution in [2.24, 2.45) is 0 Å². The molecule has 132 valence electrons. The summed E-state index contributed by atoms with van der Waals surface area (Å²) < 4.78 is 4.54. The predicted octanol–water partition coefficient (Wildman–Crippen LogP) is 3.76. The molecule has 1 aromatic carbocycles. The Morgan fingerprint density at radius 1 is 1.12 bits per heavy atom. The van der Waals surface area contributed by atoms with Crippen LogP contribution in [-0.4, -0.2) is 29.0 Å². The van der Waals surface area contributed by atoms with Crippen molar-refractivity contribution in [3.05, 3.63) is 54.0 Å². The Bertz CT molecular complexity index is 909. The van der Waals surface area contributed by atoms with Crippen LogP contribution in [0.4, 0.5) is 5.69 Å². The highest BCUT2D eigenvalue weighted by Gasteiger charge is 2.10. The summed E-state index contributed by atoms with van der Waals surface area (Å²) in [4.78, 5) is 32.0. The maximum atomic E-state index is 11.9. The molecule has 2 heterocycles. The zero-order valence-corrected chi connectivity index (χ0v) is 15.0. The van der Waals surface area contributed by atoms with E-state index in [2.05, 4.69) is 20.0 Å². The highest BCUT2D eigenvalue weighted by Crippen LogP contribution is 2.28. The van der Waals surface area contributed by atoms with E-state index in [0.29, 0.717) is 5.69 Å². The molecule has 0 saturated heterocycles. The van der Waals surface area contributed by atoms with E-state index in [0.717, 1.165) is 22.0 Å². The molecule has 0 saturated carbocycles. The SMILES string of the molecule is COC(=O)CCC(=O)Nc1cccc(-c2csc(-c3ccccn3)n2)c1. The number of nitrogens with zero attached hydrogens (tertiary/aromatic N) is 2. The maximum Gasteiger partial charge on any atom is 0.306 e. The first-order valence-electron chi connectivity index (χ1n) is 8.00. The van der Waals surface area contributed by atoms with Crippen LogP contribution in [-0.2, 0) is 14.3 Å². The lowest BCUT2D eigenvalue weighted by atomic mass is 10.1. The average Bonchev–Trinajstić information content (AvgIpc) is 3.17. The van der Waals surface area contributed by atoms with Crippen molar-refractivity contribution >= 4 is 28.9 Å². The van der Waals surface area contributed by atoms with Crippen molar-refractivity contribution in [3.8, 4) is 22.0 Å². The highest BCUT2D eigenvalue weighted by atomic mass is 32.1. The number of thiazole rings is 1. The molecular weight excluding hydrogens is 350 g/mol. The van der Waals surface area contributed by atoms with Gasteiger partial charge in [-0.15, -0.1) is 11.3 Å². The number of rotatable bonds is 6. The largest absolute Gasteiger partial charge is 0.469 e. The van der Waals surface area contributed by atoms with Crippen LogP contribution in [0, 0.1) is 0 Å². The van der Waals surface area contributed by atoms with Crippen LogP contribution in [0.3, 0.4) is 0 Å². The number of nitrogens with one attached hydrogen (secondary N) is 1. The smallest absolute Gasteiger partial charge is 0.306 e. The zero-order valence-electron chi connectivity index (χ0n) is 14.1. The normalized spacial score (nSPS) is 10.3. The van der Waals surface area contributed by atoms with Crippen molar-refractivity contribution in [1.82, 2.24) is 9.97 Å². The standard InChI is InChI=1S/C19H17N3O3S/c1-25-18(24)9-8-17(23)21-14-6-4-5-13(11-14)16-12-26-19(22-16)15-7-2-3-10-20-15/h2-7,10-12H,8-9H2,1H3,(H,21,23). The van der Waals surface area contributed by atoms with Gasteiger partial charge in [-0.25, -0.2) is 4.98 Å². The second-order valence-corrected chi connectivity index (χ2v) is 6.32. The van der Waals surface area contributed by atoms with Gasteiger partial charge in [0.1, 0.15) is 5.01 Å². The summed E-state index contributed by atoms with van der Waals surface area (Å²) in [7, 11) is 1.30. The van der Waals surface area contributed by atoms with E-state index >= 15 is 0 Å². The number of esters is 1. The summed E-state index contributed by atoms with van der Waals surface area (Å²) in [6, 6.07) is 13.1. The molecule has 3 rings (SSSR count). The van der Waals surface area contributed by atoms with Crippen molar-refractivity contribution in [2.45, 2.75) is 12.8 Å². The molecule has 1 N–H and O–H groups in total. The Hall–Kier alpha value is -3.06. The third kappa shape index (κ3) is 4.52. The number of carbonyl (C=O) groups is 2. The number of benzene rings is 1. The van der Waals surface area contributed by atoms with Gasteiger partial charge >= 0.3 is 5.97 Å². The van der Waals surface area contributed by atoms with Gasteiger partial charge in [-0.1, -0.05) is 18.2 Å². The summed E-state index contributed by atoms with van der Waals surface area (Å²) in [5.74, 6) is -0.640. The molecule has 0 spiro atoms. The Labute approximate surface area is 154 Å². The molecule has 0 unspecified atom stereocenters. The second kappa shape index (κ2) is 8.35. The molecule has 0 fully saturated rings. The molecule has 26 heavy (non-hydrogen) atoms. The minimum atomic E-state index is -0.404. The van der Waals surface area contributed by atoms with E-state index in [-0.39, 0.29) is 18.7 Å². The number of hydrogen-bond acceptors (Lipinski definition) is 6. The number of pyridine rings is 1. The lowest BCUT2D eigenvalue weighted by Gasteiger charge is -2.06. The van der Waals surface area contributed by atoms with Crippen LogP contribution in [0.2, 0.25) is 0 Å². The van der Waals surface area contributed by atoms with E-state index in [4.69, 9.17) is 0 Å². The quantitative estimate of drug-likeness (QED) is 0.671. The van der Waals surface area contributed by atoms with Crippen molar-refractivity contribution in [1.29, 1.82) is 0 Å². The number of amides is 1. The van der Waals surface area contributed by atoms with Crippen LogP contribution in [0.25, 0.3) is 22.0 Å². The lowest BCUT2D eigenvalue weighted by molar-refractivity contribution is -0.141. The monoisotopic (exact) mass is 367 g/mol. The first kappa shape index (κ1) is 17.8. The van der Waals surface area contributed by atoms with Gasteiger partial charge in [0.25, 0.3) is 0 Å². The first-order chi connectivity index (χ1) is 12.7. The van der Waals surface area contributed by atoms with E-state index in [1.54, 1.807) is 12.3 Å². The summed E-state index contributed by atoms with van der Waals surface area (Å²) >= 11 is 1.52. The van der Waals surface area contributed by atoms with Crippen LogP contribution in [0.1, 0.15) is 12.8 Å². The highest BCUT2D eigenvalue weighted by molar-refractivity contribution is 7.13. The number of aromatic nitrogens is 2. The lowest BCUT2D eigenvalue weighted by Crippen LogP contribution is -2.13. The van der Waals surface area contributed by atoms with Crippen molar-refractivity contribution in [3.63, 3.8) is 0 Å². The van der Waals surface area contributed by atoms with Gasteiger partial charge in [-0.2, -0.15) is 0 Å². The molecule has 0 bridgehead atoms. The fourth-order valence-electron chi connectivity index (χ4n) is 2.31. The number of methoxy groups -OCH3 is 1. The Morgan fingerprint density at radius 3 is 2.77 bits per heavy atom. The molecular formula is C19H17N3O3S. The molecule has 0 aliphatic heterocycles. The summed E-state index contributed by atoms with van der Waals surface area (Å²) in [5.41, 5.74) is 3.20. The number of hydrogen-bond donors (Lipinski definition) is 1. The van der Waals surface area contributed by atoms with Gasteiger partial charge in [0, 0.05) is 29.2 Å². The number of ether oxygens (including phenoxy) is 1. The maximum absolute atomic E-state index is 11.9. The number of anilines is 1. The average molecular weight is 367 g/mol. The molecule has 1 amide bonds. The molecule has 0 aliphatic carbocycles. The third-order valence-corrected chi connectivity index (χ3v) is 4.48. The zero-order chi connectivity index (χ0) is 18.4. The summed E-state index contributed by atoms with van der Waals surface area (Å²) in [6.45, 7) is 0. The number of carbonyl (C=O) groups excluding carboxylic acids is 2. The second-order valence-electron chi connectivity index (χ2n) is 5.46. The van der Waals surface area contributed by atoms with Crippen LogP contribution < -0.4 is 5.32 Å². The summed E-state index contributed by atoms with van der Waals surface area (Å²) in [5, 5.41) is 5.59. The molecule has 0 atom stereocenters. The molecule has 2 aromatic heterocycles. The van der Waals surface area contributed by atoms with Crippen molar-refractivity contribution < 1.29 is 14.3 Å². The van der Waals surface area contributed by atoms with Crippen molar-refractivity contribution in [2.75, 3.05) is 12.4 Å². The van der Waals surface area contributed by atoms with Gasteiger partial charge in [0.2, 0.25) is 5.91 Å². The molecule has 3 aromatic rings. The topological polar surface area (TPSA) is 81.2 Å². The Balaban J connectivity index is 1.71. The fourth-order valence-corrected chi connectivity index (χ4v) is 3.12. The molecule has 0 radical (unpaired) electrons. The molecule has 0 aliphatic rings. The van der Waals surface area contributed by atoms with Crippen LogP contribution in [0.15, 0.2) is 54.0 Å². The predicted molar refractivity (Wildman–Crippen MR) is 101 cm³/mol. The van der Waals surface area contributed by atoms with Gasteiger partial charge < -0.3 is 10.1 Å². The first-order valence-corrected chi connectivity index (χ1v) is 8.87. The van der Waals surface area contributed by atoms with Gasteiger partial charge in [0.15, 0.2) is 0 Å². The van der Waals surface area contributed by atoms with Gasteiger partial charge in [-0.05, 0) is 24.3 Å². The molecule has 7 heteroatoms. The van der Waals surface area contributed by atoms with E-state index in [1.165, 1.54) is 18.4 Å². The minimum absolute atomic E-state index is 0.0571. The van der Waals surface area contributed by atoms with Crippen LogP contribution >= 0.6 is 11.3 Å². The van der Waals surface area contributed by atoms with E-state index in [1.807, 2.05) is 41.8 Å². The van der Waals surface area contributed by atoms with E-state index < -0.39 is 5.97 Å².